The minimum absolute atomic E-state index is 0.0264. The highest BCUT2D eigenvalue weighted by Crippen LogP contribution is 2.30. The molecule has 0 aliphatic rings. The first-order valence-electron chi connectivity index (χ1n) is 7.22. The number of hydrogen-bond donors (Lipinski definition) is 3. The van der Waals surface area contributed by atoms with Crippen molar-refractivity contribution < 1.29 is 9.18 Å². The monoisotopic (exact) mass is 487 g/mol. The minimum atomic E-state index is -1.98. The quantitative estimate of drug-likeness (QED) is 0.300. The predicted molar refractivity (Wildman–Crippen MR) is 114 cm³/mol. The molecular weight excluding hydrogens is 479 g/mol. The molecule has 3 N–H and O–H groups in total. The topological polar surface area (TPSA) is 53.2 Å². The number of carbonyl (C=O) groups excluding carboxylic acids is 1. The first kappa shape index (κ1) is 22.3. The Hall–Kier alpha value is -1.02. The van der Waals surface area contributed by atoms with Gasteiger partial charge in [-0.3, -0.25) is 4.79 Å². The van der Waals surface area contributed by atoms with Crippen molar-refractivity contribution in [2.24, 2.45) is 0 Å². The lowest BCUT2D eigenvalue weighted by molar-refractivity contribution is 0.0930. The van der Waals surface area contributed by atoms with E-state index >= 15 is 0 Å². The molecule has 0 fully saturated rings. The normalized spacial score (nSPS) is 12.2. The molecule has 2 rings (SSSR count). The van der Waals surface area contributed by atoms with Gasteiger partial charge >= 0.3 is 0 Å². The van der Waals surface area contributed by atoms with Crippen molar-refractivity contribution in [2.45, 2.75) is 9.96 Å². The van der Waals surface area contributed by atoms with Crippen LogP contribution in [0.15, 0.2) is 42.5 Å². The molecule has 11 heteroatoms. The molecule has 0 bridgehead atoms. The molecule has 0 heterocycles. The van der Waals surface area contributed by atoms with Crippen LogP contribution in [-0.4, -0.2) is 21.0 Å². The summed E-state index contributed by atoms with van der Waals surface area (Å²) in [6, 6.07) is 10.1. The van der Waals surface area contributed by atoms with Gasteiger partial charge in [0.2, 0.25) is 3.79 Å². The summed E-state index contributed by atoms with van der Waals surface area (Å²) < 4.78 is 11.8. The fourth-order valence-corrected chi connectivity index (χ4v) is 2.79. The van der Waals surface area contributed by atoms with E-state index in [9.17, 15) is 9.18 Å². The summed E-state index contributed by atoms with van der Waals surface area (Å²) in [5.74, 6) is -1.50. The van der Waals surface area contributed by atoms with Gasteiger partial charge in [0.25, 0.3) is 5.91 Å². The van der Waals surface area contributed by atoms with E-state index in [4.69, 9.17) is 70.2 Å². The third-order valence-corrected chi connectivity index (χ3v) is 4.79. The molecule has 27 heavy (non-hydrogen) atoms. The molecular formula is C16H11Cl5FN3OS. The van der Waals surface area contributed by atoms with Crippen LogP contribution in [0.25, 0.3) is 0 Å². The van der Waals surface area contributed by atoms with Crippen LogP contribution in [0.5, 0.6) is 0 Å². The summed E-state index contributed by atoms with van der Waals surface area (Å²) in [6.45, 7) is 0. The summed E-state index contributed by atoms with van der Waals surface area (Å²) in [5.41, 5.74) is 0.312. The first-order valence-corrected chi connectivity index (χ1v) is 9.52. The fraction of sp³-hybridized carbons (Fsp3) is 0.125. The molecule has 0 saturated carbocycles. The summed E-state index contributed by atoms with van der Waals surface area (Å²) in [5, 5.41) is 8.57. The molecule has 4 nitrogen and oxygen atoms in total. The Morgan fingerprint density at radius 1 is 1.04 bits per heavy atom. The molecule has 0 aliphatic heterocycles. The van der Waals surface area contributed by atoms with E-state index < -0.39 is 21.7 Å². The van der Waals surface area contributed by atoms with Crippen LogP contribution in [0.1, 0.15) is 10.4 Å². The average Bonchev–Trinajstić information content (AvgIpc) is 2.57. The Bertz CT molecular complexity index is 862. The highest BCUT2D eigenvalue weighted by Gasteiger charge is 2.35. The largest absolute Gasteiger partial charge is 0.339 e. The summed E-state index contributed by atoms with van der Waals surface area (Å²) in [7, 11) is 0. The molecule has 2 aromatic rings. The Morgan fingerprint density at radius 2 is 1.70 bits per heavy atom. The van der Waals surface area contributed by atoms with Gasteiger partial charge in [-0.25, -0.2) is 4.39 Å². The Kier molecular flexibility index (Phi) is 7.80. The van der Waals surface area contributed by atoms with Crippen LogP contribution >= 0.6 is 70.2 Å². The number of anilines is 1. The van der Waals surface area contributed by atoms with E-state index in [0.29, 0.717) is 15.7 Å². The molecule has 144 valence electrons. The van der Waals surface area contributed by atoms with E-state index in [1.807, 2.05) is 0 Å². The van der Waals surface area contributed by atoms with Crippen LogP contribution in [0, 0.1) is 5.82 Å². The molecule has 0 spiro atoms. The molecule has 2 aromatic carbocycles. The highest BCUT2D eigenvalue weighted by atomic mass is 35.6. The van der Waals surface area contributed by atoms with E-state index in [0.717, 1.165) is 6.07 Å². The lowest BCUT2D eigenvalue weighted by Crippen LogP contribution is -2.56. The SMILES string of the molecule is O=C(NC(NC(=S)Nc1ccc(Cl)c(Cl)c1)C(Cl)(Cl)Cl)c1ccccc1F. The molecule has 1 atom stereocenters. The number of thiocarbonyl (C=S) groups is 1. The van der Waals surface area contributed by atoms with Crippen molar-refractivity contribution in [3.8, 4) is 0 Å². The zero-order valence-electron chi connectivity index (χ0n) is 13.2. The second-order valence-corrected chi connectivity index (χ2v) is 8.75. The van der Waals surface area contributed by atoms with Gasteiger partial charge in [-0.2, -0.15) is 0 Å². The van der Waals surface area contributed by atoms with Crippen molar-refractivity contribution in [1.82, 2.24) is 10.6 Å². The van der Waals surface area contributed by atoms with Crippen molar-refractivity contribution >= 4 is 86.9 Å². The highest BCUT2D eigenvalue weighted by molar-refractivity contribution is 7.80. The molecule has 0 radical (unpaired) electrons. The van der Waals surface area contributed by atoms with Crippen LogP contribution in [-0.2, 0) is 0 Å². The first-order chi connectivity index (χ1) is 12.6. The van der Waals surface area contributed by atoms with Gasteiger partial charge in [-0.15, -0.1) is 0 Å². The number of rotatable bonds is 4. The standard InChI is InChI=1S/C16H11Cl5FN3OS/c17-10-6-5-8(7-11(10)18)23-15(27)25-14(16(19,20)21)24-13(26)9-3-1-2-4-12(9)22/h1-7,14H,(H,24,26)(H2,23,25,27). The maximum absolute atomic E-state index is 13.8. The summed E-state index contributed by atoms with van der Waals surface area (Å²) >= 11 is 34.6. The zero-order chi connectivity index (χ0) is 20.2. The lowest BCUT2D eigenvalue weighted by Gasteiger charge is -2.28. The number of hydrogen-bond acceptors (Lipinski definition) is 2. The van der Waals surface area contributed by atoms with Gasteiger partial charge in [0.05, 0.1) is 15.6 Å². The number of nitrogens with one attached hydrogen (secondary N) is 3. The molecule has 1 amide bonds. The maximum atomic E-state index is 13.8. The predicted octanol–water partition coefficient (Wildman–Crippen LogP) is 5.55. The molecule has 1 unspecified atom stereocenters. The number of halogens is 6. The van der Waals surface area contributed by atoms with E-state index in [2.05, 4.69) is 16.0 Å². The van der Waals surface area contributed by atoms with Crippen molar-refractivity contribution in [3.05, 3.63) is 63.9 Å². The number of amides is 1. The lowest BCUT2D eigenvalue weighted by atomic mass is 10.2. The number of alkyl halides is 3. The van der Waals surface area contributed by atoms with Gasteiger partial charge in [0.1, 0.15) is 12.0 Å². The second-order valence-electron chi connectivity index (χ2n) is 5.16. The van der Waals surface area contributed by atoms with Crippen LogP contribution in [0.3, 0.4) is 0 Å². The second kappa shape index (κ2) is 9.45. The third-order valence-electron chi connectivity index (χ3n) is 3.17. The van der Waals surface area contributed by atoms with E-state index in [1.165, 1.54) is 18.2 Å². The van der Waals surface area contributed by atoms with Gasteiger partial charge in [0.15, 0.2) is 5.11 Å². The van der Waals surface area contributed by atoms with Crippen molar-refractivity contribution in [3.63, 3.8) is 0 Å². The Labute approximate surface area is 185 Å². The molecule has 0 aliphatic carbocycles. The smallest absolute Gasteiger partial charge is 0.255 e. The van der Waals surface area contributed by atoms with Gasteiger partial charge in [-0.05, 0) is 42.5 Å². The summed E-state index contributed by atoms with van der Waals surface area (Å²) in [4.78, 5) is 12.3. The Morgan fingerprint density at radius 3 is 2.30 bits per heavy atom. The Balaban J connectivity index is 2.10. The van der Waals surface area contributed by atoms with Gasteiger partial charge < -0.3 is 16.0 Å². The van der Waals surface area contributed by atoms with Crippen molar-refractivity contribution in [2.75, 3.05) is 5.32 Å². The van der Waals surface area contributed by atoms with Crippen LogP contribution < -0.4 is 16.0 Å². The number of benzene rings is 2. The fourth-order valence-electron chi connectivity index (χ4n) is 1.93. The summed E-state index contributed by atoms with van der Waals surface area (Å²) in [6.07, 6.45) is -1.25. The third kappa shape index (κ3) is 6.52. The van der Waals surface area contributed by atoms with Crippen LogP contribution in [0.2, 0.25) is 10.0 Å². The van der Waals surface area contributed by atoms with Crippen LogP contribution in [0.4, 0.5) is 10.1 Å². The van der Waals surface area contributed by atoms with Gasteiger partial charge in [-0.1, -0.05) is 70.1 Å². The number of carbonyl (C=O) groups is 1. The molecule has 0 saturated heterocycles. The van der Waals surface area contributed by atoms with E-state index in [1.54, 1.807) is 18.2 Å². The molecule has 0 aromatic heterocycles. The van der Waals surface area contributed by atoms with E-state index in [-0.39, 0.29) is 10.7 Å². The van der Waals surface area contributed by atoms with Crippen molar-refractivity contribution in [1.29, 1.82) is 0 Å². The average molecular weight is 490 g/mol. The van der Waals surface area contributed by atoms with Gasteiger partial charge in [0, 0.05) is 5.69 Å². The minimum Gasteiger partial charge on any atom is -0.339 e. The maximum Gasteiger partial charge on any atom is 0.255 e. The zero-order valence-corrected chi connectivity index (χ0v) is 17.8.